The topological polar surface area (TPSA) is 69.3 Å². The molecule has 0 bridgehead atoms. The van der Waals surface area contributed by atoms with Crippen LogP contribution in [-0.2, 0) is 10.0 Å². The highest BCUT2D eigenvalue weighted by atomic mass is 32.2. The van der Waals surface area contributed by atoms with Crippen LogP contribution < -0.4 is 0 Å². The second kappa shape index (κ2) is 4.99. The normalized spacial score (nSPS) is 23.4. The van der Waals surface area contributed by atoms with Gasteiger partial charge < -0.3 is 4.98 Å². The molecule has 18 heavy (non-hydrogen) atoms. The molecule has 1 N–H and O–H groups in total. The first-order chi connectivity index (χ1) is 8.45. The number of aromatic amines is 1. The van der Waals surface area contributed by atoms with Gasteiger partial charge in [0.25, 0.3) is 10.0 Å². The van der Waals surface area contributed by atoms with Gasteiger partial charge in [0, 0.05) is 25.7 Å². The first-order valence-corrected chi connectivity index (χ1v) is 7.65. The molecule has 1 aliphatic heterocycles. The lowest BCUT2D eigenvalue weighted by Gasteiger charge is -2.38. The average Bonchev–Trinajstić information content (AvgIpc) is 2.76. The lowest BCUT2D eigenvalue weighted by molar-refractivity contribution is 0.135. The van der Waals surface area contributed by atoms with Gasteiger partial charge in [-0.05, 0) is 20.4 Å². The van der Waals surface area contributed by atoms with Gasteiger partial charge in [-0.3, -0.25) is 4.90 Å². The zero-order chi connectivity index (χ0) is 13.3. The van der Waals surface area contributed by atoms with E-state index in [1.165, 1.54) is 10.5 Å². The fourth-order valence-electron chi connectivity index (χ4n) is 2.32. The number of aromatic nitrogens is 2. The van der Waals surface area contributed by atoms with Crippen LogP contribution in [0.3, 0.4) is 0 Å². The standard InChI is InChI=1S/C11H20N4O2S/c1-4-14-5-6-15(8-9(14)2)18(16,17)11-7-12-10(3)13-11/h7,9H,4-6,8H2,1-3H3,(H,12,13). The summed E-state index contributed by atoms with van der Waals surface area (Å²) in [5, 5.41) is 0.192. The zero-order valence-corrected chi connectivity index (χ0v) is 11.9. The van der Waals surface area contributed by atoms with Crippen LogP contribution in [0, 0.1) is 6.92 Å². The second-order valence-corrected chi connectivity index (χ2v) is 6.58. The molecule has 1 aromatic heterocycles. The van der Waals surface area contributed by atoms with Crippen LogP contribution in [0.25, 0.3) is 0 Å². The van der Waals surface area contributed by atoms with E-state index in [0.717, 1.165) is 13.1 Å². The van der Waals surface area contributed by atoms with Crippen molar-refractivity contribution in [1.29, 1.82) is 0 Å². The SMILES string of the molecule is CCN1CCN(S(=O)(=O)c2cnc(C)[nH]2)CC1C. The van der Waals surface area contributed by atoms with Gasteiger partial charge in [0.2, 0.25) is 0 Å². The van der Waals surface area contributed by atoms with E-state index in [0.29, 0.717) is 18.9 Å². The summed E-state index contributed by atoms with van der Waals surface area (Å²) in [4.78, 5) is 9.04. The minimum Gasteiger partial charge on any atom is -0.332 e. The Kier molecular flexibility index (Phi) is 3.74. The van der Waals surface area contributed by atoms with Crippen LogP contribution in [0.2, 0.25) is 0 Å². The molecule has 6 nitrogen and oxygen atoms in total. The van der Waals surface area contributed by atoms with Gasteiger partial charge in [-0.15, -0.1) is 0 Å². The van der Waals surface area contributed by atoms with Gasteiger partial charge in [-0.25, -0.2) is 13.4 Å². The molecule has 0 spiro atoms. The van der Waals surface area contributed by atoms with Crippen LogP contribution >= 0.6 is 0 Å². The highest BCUT2D eigenvalue weighted by Crippen LogP contribution is 2.18. The molecule has 1 fully saturated rings. The van der Waals surface area contributed by atoms with Crippen molar-refractivity contribution in [2.24, 2.45) is 0 Å². The van der Waals surface area contributed by atoms with E-state index in [-0.39, 0.29) is 11.1 Å². The summed E-state index contributed by atoms with van der Waals surface area (Å²) in [6.45, 7) is 8.72. The molecule has 1 atom stereocenters. The number of likely N-dealkylation sites (N-methyl/N-ethyl adjacent to an activating group) is 1. The van der Waals surface area contributed by atoms with E-state index in [1.54, 1.807) is 6.92 Å². The predicted molar refractivity (Wildman–Crippen MR) is 68.8 cm³/mol. The molecule has 0 amide bonds. The maximum absolute atomic E-state index is 12.4. The Balaban J connectivity index is 2.17. The summed E-state index contributed by atoms with van der Waals surface area (Å²) in [5.74, 6) is 0.619. The first kappa shape index (κ1) is 13.5. The van der Waals surface area contributed by atoms with Gasteiger partial charge in [0.05, 0.1) is 6.20 Å². The zero-order valence-electron chi connectivity index (χ0n) is 11.0. The van der Waals surface area contributed by atoms with E-state index in [1.807, 2.05) is 0 Å². The van der Waals surface area contributed by atoms with E-state index in [2.05, 4.69) is 28.7 Å². The molecule has 1 unspecified atom stereocenters. The van der Waals surface area contributed by atoms with Crippen molar-refractivity contribution in [2.45, 2.75) is 31.8 Å². The van der Waals surface area contributed by atoms with Crippen LogP contribution in [0.4, 0.5) is 0 Å². The van der Waals surface area contributed by atoms with E-state index >= 15 is 0 Å². The van der Waals surface area contributed by atoms with Crippen LogP contribution in [0.15, 0.2) is 11.2 Å². The summed E-state index contributed by atoms with van der Waals surface area (Å²) in [5.41, 5.74) is 0. The number of hydrogen-bond donors (Lipinski definition) is 1. The number of piperazine rings is 1. The average molecular weight is 272 g/mol. The Labute approximate surface area is 108 Å². The number of aryl methyl sites for hydroxylation is 1. The molecule has 2 rings (SSSR count). The molecule has 0 saturated carbocycles. The van der Waals surface area contributed by atoms with Crippen LogP contribution in [0.5, 0.6) is 0 Å². The first-order valence-electron chi connectivity index (χ1n) is 6.21. The van der Waals surface area contributed by atoms with Crippen molar-refractivity contribution in [2.75, 3.05) is 26.2 Å². The molecule has 1 aromatic rings. The highest BCUT2D eigenvalue weighted by molar-refractivity contribution is 7.89. The number of rotatable bonds is 3. The Morgan fingerprint density at radius 2 is 2.22 bits per heavy atom. The van der Waals surface area contributed by atoms with Gasteiger partial charge >= 0.3 is 0 Å². The Hall–Kier alpha value is -0.920. The van der Waals surface area contributed by atoms with E-state index in [9.17, 15) is 8.42 Å². The minimum atomic E-state index is -3.42. The molecular formula is C11H20N4O2S. The minimum absolute atomic E-state index is 0.192. The Morgan fingerprint density at radius 3 is 2.72 bits per heavy atom. The third kappa shape index (κ3) is 2.43. The third-order valence-corrected chi connectivity index (χ3v) is 5.21. The maximum atomic E-state index is 12.4. The number of nitrogens with one attached hydrogen (secondary N) is 1. The summed E-state index contributed by atoms with van der Waals surface area (Å²) in [6, 6.07) is 0.252. The Morgan fingerprint density at radius 1 is 1.50 bits per heavy atom. The highest BCUT2D eigenvalue weighted by Gasteiger charge is 2.32. The van der Waals surface area contributed by atoms with Crippen molar-refractivity contribution in [3.63, 3.8) is 0 Å². The molecule has 7 heteroatoms. The lowest BCUT2D eigenvalue weighted by atomic mass is 10.2. The smallest absolute Gasteiger partial charge is 0.260 e. The molecular weight excluding hydrogens is 252 g/mol. The van der Waals surface area contributed by atoms with Gasteiger partial charge in [0.15, 0.2) is 5.03 Å². The van der Waals surface area contributed by atoms with Crippen LogP contribution in [0.1, 0.15) is 19.7 Å². The van der Waals surface area contributed by atoms with Gasteiger partial charge in [-0.1, -0.05) is 6.92 Å². The van der Waals surface area contributed by atoms with Crippen molar-refractivity contribution in [3.05, 3.63) is 12.0 Å². The summed E-state index contributed by atoms with van der Waals surface area (Å²) in [6.07, 6.45) is 1.39. The van der Waals surface area contributed by atoms with Crippen molar-refractivity contribution < 1.29 is 8.42 Å². The molecule has 0 radical (unpaired) electrons. The van der Waals surface area contributed by atoms with Crippen molar-refractivity contribution in [3.8, 4) is 0 Å². The quantitative estimate of drug-likeness (QED) is 0.866. The number of H-pyrrole nitrogens is 1. The van der Waals surface area contributed by atoms with Crippen molar-refractivity contribution in [1.82, 2.24) is 19.2 Å². The molecule has 2 heterocycles. The molecule has 0 aromatic carbocycles. The third-order valence-electron chi connectivity index (χ3n) is 3.43. The second-order valence-electron chi connectivity index (χ2n) is 4.67. The molecule has 102 valence electrons. The lowest BCUT2D eigenvalue weighted by Crippen LogP contribution is -2.53. The number of imidazole rings is 1. The predicted octanol–water partition coefficient (Wildman–Crippen LogP) is 0.433. The van der Waals surface area contributed by atoms with Gasteiger partial charge in [0.1, 0.15) is 5.82 Å². The summed E-state index contributed by atoms with van der Waals surface area (Å²) >= 11 is 0. The summed E-state index contributed by atoms with van der Waals surface area (Å²) in [7, 11) is -3.42. The van der Waals surface area contributed by atoms with E-state index in [4.69, 9.17) is 0 Å². The number of hydrogen-bond acceptors (Lipinski definition) is 4. The Bertz CT molecular complexity index is 511. The van der Waals surface area contributed by atoms with Gasteiger partial charge in [-0.2, -0.15) is 4.31 Å². The fourth-order valence-corrected chi connectivity index (χ4v) is 3.79. The van der Waals surface area contributed by atoms with E-state index < -0.39 is 10.0 Å². The van der Waals surface area contributed by atoms with Crippen LogP contribution in [-0.4, -0.2) is 59.8 Å². The number of nitrogens with zero attached hydrogens (tertiary/aromatic N) is 3. The largest absolute Gasteiger partial charge is 0.332 e. The maximum Gasteiger partial charge on any atom is 0.260 e. The number of sulfonamides is 1. The molecule has 1 saturated heterocycles. The fraction of sp³-hybridized carbons (Fsp3) is 0.727. The van der Waals surface area contributed by atoms with Crippen molar-refractivity contribution >= 4 is 10.0 Å². The summed E-state index contributed by atoms with van der Waals surface area (Å²) < 4.78 is 26.3. The monoisotopic (exact) mass is 272 g/mol. The molecule has 1 aliphatic rings. The molecule has 0 aliphatic carbocycles.